The average molecular weight is 313 g/mol. The molecule has 0 N–H and O–H groups in total. The van der Waals surface area contributed by atoms with Gasteiger partial charge in [0.25, 0.3) is 5.89 Å². The number of hydrogen-bond acceptors (Lipinski definition) is 2. The molecule has 22 heavy (non-hydrogen) atoms. The molecular weight excluding hydrogens is 305 g/mol. The lowest BCUT2D eigenvalue weighted by Gasteiger charge is -2.14. The summed E-state index contributed by atoms with van der Waals surface area (Å²) in [6.07, 6.45) is -4.58. The Morgan fingerprint density at radius 3 is 1.95 bits per heavy atom. The lowest BCUT2D eigenvalue weighted by atomic mass is 10.1. The summed E-state index contributed by atoms with van der Waals surface area (Å²) in [6.45, 7) is 0. The van der Waals surface area contributed by atoms with Crippen LogP contribution in [0, 0.1) is 0 Å². The van der Waals surface area contributed by atoms with E-state index in [9.17, 15) is 22.0 Å². The third-order valence-electron chi connectivity index (χ3n) is 3.14. The van der Waals surface area contributed by atoms with E-state index in [1.54, 1.807) is 12.1 Å². The zero-order chi connectivity index (χ0) is 16.0. The van der Waals surface area contributed by atoms with Crippen LogP contribution in [-0.4, -0.2) is 4.98 Å². The molecule has 0 aliphatic rings. The van der Waals surface area contributed by atoms with E-state index in [4.69, 9.17) is 4.42 Å². The molecule has 0 spiro atoms. The topological polar surface area (TPSA) is 26.0 Å². The van der Waals surface area contributed by atoms with E-state index in [1.807, 2.05) is 0 Å². The summed E-state index contributed by atoms with van der Waals surface area (Å²) >= 11 is 0. The van der Waals surface area contributed by atoms with E-state index in [1.165, 1.54) is 12.1 Å². The van der Waals surface area contributed by atoms with Gasteiger partial charge in [-0.15, -0.1) is 0 Å². The van der Waals surface area contributed by atoms with E-state index < -0.39 is 29.1 Å². The molecule has 0 aliphatic heterocycles. The third-order valence-corrected chi connectivity index (χ3v) is 3.14. The number of rotatable bonds is 2. The van der Waals surface area contributed by atoms with Crippen LogP contribution in [0.3, 0.4) is 0 Å². The minimum absolute atomic E-state index is 0.184. The Hall–Kier alpha value is -2.44. The van der Waals surface area contributed by atoms with E-state index in [2.05, 4.69) is 4.98 Å². The van der Waals surface area contributed by atoms with Crippen LogP contribution in [0.4, 0.5) is 22.0 Å². The Morgan fingerprint density at radius 2 is 1.36 bits per heavy atom. The van der Waals surface area contributed by atoms with Crippen molar-refractivity contribution in [1.29, 1.82) is 0 Å². The van der Waals surface area contributed by atoms with Crippen molar-refractivity contribution in [3.8, 4) is 0 Å². The van der Waals surface area contributed by atoms with Crippen LogP contribution in [0.25, 0.3) is 11.1 Å². The molecule has 0 bridgehead atoms. The van der Waals surface area contributed by atoms with Crippen LogP contribution in [0.1, 0.15) is 17.0 Å². The number of nitrogens with zero attached hydrogens (tertiary/aromatic N) is 1. The molecule has 1 aromatic heterocycles. The van der Waals surface area contributed by atoms with Gasteiger partial charge >= 0.3 is 12.1 Å². The minimum Gasteiger partial charge on any atom is -0.435 e. The van der Waals surface area contributed by atoms with Crippen molar-refractivity contribution in [2.75, 3.05) is 0 Å². The predicted molar refractivity (Wildman–Crippen MR) is 68.4 cm³/mol. The fourth-order valence-electron chi connectivity index (χ4n) is 2.00. The zero-order valence-electron chi connectivity index (χ0n) is 10.9. The van der Waals surface area contributed by atoms with Crippen molar-refractivity contribution >= 4 is 11.1 Å². The van der Waals surface area contributed by atoms with Gasteiger partial charge in [-0.2, -0.15) is 22.0 Å². The number of benzene rings is 2. The number of fused-ring (bicyclic) bond motifs is 1. The summed E-state index contributed by atoms with van der Waals surface area (Å²) in [5.41, 5.74) is -1.18. The second kappa shape index (κ2) is 4.79. The summed E-state index contributed by atoms with van der Waals surface area (Å²) in [6, 6.07) is 8.85. The number of alkyl halides is 5. The molecule has 0 unspecified atom stereocenters. The van der Waals surface area contributed by atoms with Crippen LogP contribution in [-0.2, 0) is 12.1 Å². The first kappa shape index (κ1) is 14.5. The minimum atomic E-state index is -4.58. The number of hydrogen-bond donors (Lipinski definition) is 0. The second-order valence-corrected chi connectivity index (χ2v) is 4.64. The molecule has 0 atom stereocenters. The van der Waals surface area contributed by atoms with Crippen molar-refractivity contribution in [3.05, 3.63) is 65.5 Å². The number of para-hydroxylation sites is 2. The summed E-state index contributed by atoms with van der Waals surface area (Å²) in [7, 11) is 0. The normalized spacial score (nSPS) is 12.8. The molecule has 3 rings (SSSR count). The molecular formula is C15H8F5NO. The summed E-state index contributed by atoms with van der Waals surface area (Å²) in [4.78, 5) is 3.69. The fourth-order valence-corrected chi connectivity index (χ4v) is 2.00. The molecule has 0 saturated heterocycles. The highest BCUT2D eigenvalue weighted by Gasteiger charge is 2.40. The fraction of sp³-hybridized carbons (Fsp3) is 0.133. The molecule has 1 heterocycles. The molecule has 2 aromatic carbocycles. The van der Waals surface area contributed by atoms with Crippen LogP contribution >= 0.6 is 0 Å². The predicted octanol–water partition coefficient (Wildman–Crippen LogP) is 4.99. The highest BCUT2D eigenvalue weighted by molar-refractivity contribution is 5.72. The Morgan fingerprint density at radius 1 is 0.773 bits per heavy atom. The van der Waals surface area contributed by atoms with E-state index in [-0.39, 0.29) is 11.1 Å². The lowest BCUT2D eigenvalue weighted by Crippen LogP contribution is -2.16. The first-order chi connectivity index (χ1) is 10.3. The number of oxazole rings is 1. The van der Waals surface area contributed by atoms with Gasteiger partial charge in [-0.3, -0.25) is 0 Å². The Kier molecular flexibility index (Phi) is 3.16. The molecule has 0 radical (unpaired) electrons. The van der Waals surface area contributed by atoms with Crippen molar-refractivity contribution in [1.82, 2.24) is 4.98 Å². The lowest BCUT2D eigenvalue weighted by molar-refractivity contribution is -0.137. The summed E-state index contributed by atoms with van der Waals surface area (Å²) in [5.74, 6) is -4.48. The number of aromatic nitrogens is 1. The maximum Gasteiger partial charge on any atom is 0.416 e. The molecule has 0 amide bonds. The highest BCUT2D eigenvalue weighted by atomic mass is 19.4. The Labute approximate surface area is 121 Å². The van der Waals surface area contributed by atoms with Gasteiger partial charge in [-0.1, -0.05) is 24.3 Å². The number of halogens is 5. The molecule has 0 saturated carbocycles. The third kappa shape index (κ3) is 2.43. The van der Waals surface area contributed by atoms with Crippen molar-refractivity contribution < 1.29 is 26.4 Å². The Balaban J connectivity index is 2.01. The van der Waals surface area contributed by atoms with Crippen LogP contribution in [0.2, 0.25) is 0 Å². The van der Waals surface area contributed by atoms with Gasteiger partial charge in [0.05, 0.1) is 5.56 Å². The van der Waals surface area contributed by atoms with E-state index in [0.717, 1.165) is 12.1 Å². The van der Waals surface area contributed by atoms with Gasteiger partial charge in [0, 0.05) is 5.56 Å². The van der Waals surface area contributed by atoms with E-state index >= 15 is 0 Å². The SMILES string of the molecule is FC(F)(F)c1ccc(C(F)(F)c2nc3ccccc3o2)cc1. The van der Waals surface area contributed by atoms with E-state index in [0.29, 0.717) is 12.1 Å². The van der Waals surface area contributed by atoms with Gasteiger partial charge in [0.2, 0.25) is 0 Å². The first-order valence-corrected chi connectivity index (χ1v) is 6.20. The van der Waals surface area contributed by atoms with Crippen molar-refractivity contribution in [2.24, 2.45) is 0 Å². The smallest absolute Gasteiger partial charge is 0.416 e. The van der Waals surface area contributed by atoms with Gasteiger partial charge in [-0.25, -0.2) is 4.98 Å². The molecule has 7 heteroatoms. The molecule has 0 fully saturated rings. The zero-order valence-corrected chi connectivity index (χ0v) is 10.9. The second-order valence-electron chi connectivity index (χ2n) is 4.64. The molecule has 0 aliphatic carbocycles. The maximum absolute atomic E-state index is 14.3. The van der Waals surface area contributed by atoms with Gasteiger partial charge in [0.15, 0.2) is 5.58 Å². The van der Waals surface area contributed by atoms with Crippen LogP contribution in [0.15, 0.2) is 52.9 Å². The average Bonchev–Trinajstić information content (AvgIpc) is 2.91. The standard InChI is InChI=1S/C15H8F5NO/c16-14(17,9-5-7-10(8-6-9)15(18,19)20)13-21-11-3-1-2-4-12(11)22-13/h1-8H. The summed E-state index contributed by atoms with van der Waals surface area (Å²) in [5, 5.41) is 0. The van der Waals surface area contributed by atoms with Crippen molar-refractivity contribution in [2.45, 2.75) is 12.1 Å². The van der Waals surface area contributed by atoms with Crippen molar-refractivity contribution in [3.63, 3.8) is 0 Å². The monoisotopic (exact) mass is 313 g/mol. The largest absolute Gasteiger partial charge is 0.435 e. The molecule has 3 aromatic rings. The van der Waals surface area contributed by atoms with Gasteiger partial charge in [0.1, 0.15) is 5.52 Å². The quantitative estimate of drug-likeness (QED) is 0.623. The van der Waals surface area contributed by atoms with Gasteiger partial charge in [-0.05, 0) is 24.3 Å². The van der Waals surface area contributed by atoms with Crippen LogP contribution < -0.4 is 0 Å². The molecule has 2 nitrogen and oxygen atoms in total. The Bertz CT molecular complexity index is 772. The van der Waals surface area contributed by atoms with Crippen LogP contribution in [0.5, 0.6) is 0 Å². The molecule has 114 valence electrons. The summed E-state index contributed by atoms with van der Waals surface area (Å²) < 4.78 is 71.0. The first-order valence-electron chi connectivity index (χ1n) is 6.20. The van der Waals surface area contributed by atoms with Gasteiger partial charge < -0.3 is 4.42 Å². The highest BCUT2D eigenvalue weighted by Crippen LogP contribution is 2.38. The maximum atomic E-state index is 14.3.